The van der Waals surface area contributed by atoms with E-state index in [1.807, 2.05) is 68.4 Å². The number of hydrogen-bond donors (Lipinski definition) is 1. The molecule has 2 aromatic rings. The second-order valence-corrected chi connectivity index (χ2v) is 9.26. The van der Waals surface area contributed by atoms with Crippen LogP contribution in [0.5, 0.6) is 5.75 Å². The van der Waals surface area contributed by atoms with Gasteiger partial charge < -0.3 is 24.4 Å². The molecule has 1 N–H and O–H groups in total. The minimum absolute atomic E-state index is 0.0335. The first-order valence-electron chi connectivity index (χ1n) is 11.1. The molecule has 0 bridgehead atoms. The van der Waals surface area contributed by atoms with E-state index >= 15 is 0 Å². The molecule has 31 heavy (non-hydrogen) atoms. The van der Waals surface area contributed by atoms with E-state index in [0.29, 0.717) is 5.92 Å². The van der Waals surface area contributed by atoms with Crippen LogP contribution in [-0.4, -0.2) is 43.6 Å². The van der Waals surface area contributed by atoms with Crippen LogP contribution in [0.1, 0.15) is 26.7 Å². The first kappa shape index (κ1) is 20.3. The maximum absolute atomic E-state index is 13.5. The van der Waals surface area contributed by atoms with Crippen LogP contribution in [0.3, 0.4) is 0 Å². The Morgan fingerprint density at radius 2 is 1.71 bits per heavy atom. The van der Waals surface area contributed by atoms with Gasteiger partial charge in [0.25, 0.3) is 0 Å². The fourth-order valence-electron chi connectivity index (χ4n) is 5.55. The van der Waals surface area contributed by atoms with Crippen LogP contribution in [0.15, 0.2) is 54.6 Å². The summed E-state index contributed by atoms with van der Waals surface area (Å²) in [7, 11) is 1.66. The summed E-state index contributed by atoms with van der Waals surface area (Å²) in [5.74, 6) is 0.887. The molecule has 1 amide bonds. The molecule has 0 spiro atoms. The lowest BCUT2D eigenvalue weighted by atomic mass is 9.75. The van der Waals surface area contributed by atoms with Crippen molar-refractivity contribution in [3.8, 4) is 5.75 Å². The van der Waals surface area contributed by atoms with Crippen LogP contribution in [0.4, 0.5) is 11.4 Å². The summed E-state index contributed by atoms with van der Waals surface area (Å²) in [5.41, 5.74) is 1.86. The van der Waals surface area contributed by atoms with Gasteiger partial charge >= 0.3 is 0 Å². The largest absolute Gasteiger partial charge is 0.497 e. The summed E-state index contributed by atoms with van der Waals surface area (Å²) in [5, 5.41) is 3.14. The highest BCUT2D eigenvalue weighted by molar-refractivity contribution is 5.97. The van der Waals surface area contributed by atoms with Crippen LogP contribution in [-0.2, 0) is 14.3 Å². The highest BCUT2D eigenvalue weighted by Crippen LogP contribution is 2.48. The summed E-state index contributed by atoms with van der Waals surface area (Å²) in [6.45, 7) is 4.78. The Morgan fingerprint density at radius 3 is 2.39 bits per heavy atom. The normalized spacial score (nSPS) is 31.1. The number of hydrogen-bond acceptors (Lipinski definition) is 5. The minimum atomic E-state index is -0.550. The van der Waals surface area contributed by atoms with Gasteiger partial charge in [-0.1, -0.05) is 18.2 Å². The number of carbonyl (C=O) groups is 1. The predicted molar refractivity (Wildman–Crippen MR) is 119 cm³/mol. The van der Waals surface area contributed by atoms with Crippen molar-refractivity contribution < 1.29 is 19.0 Å². The standard InChI is InChI=1S/C25H30N2O4/c1-25(2)30-21-13-16-15-27(18-9-11-19(29-3)12-10-18)23(20(16)14-22(21)31-25)24(28)26-17-7-5-4-6-8-17/h4-12,16,20-23H,13-15H2,1-3H3,(H,26,28)/t16-,20-,21+,22-,23-/m0/s1. The molecule has 2 aliphatic heterocycles. The van der Waals surface area contributed by atoms with Crippen LogP contribution < -0.4 is 15.0 Å². The molecule has 6 nitrogen and oxygen atoms in total. The molecule has 2 aromatic carbocycles. The predicted octanol–water partition coefficient (Wildman–Crippen LogP) is 4.07. The molecule has 1 aliphatic carbocycles. The maximum atomic E-state index is 13.5. The number of amides is 1. The van der Waals surface area contributed by atoms with Crippen LogP contribution >= 0.6 is 0 Å². The van der Waals surface area contributed by atoms with Crippen LogP contribution in [0, 0.1) is 11.8 Å². The van der Waals surface area contributed by atoms with E-state index in [1.54, 1.807) is 7.11 Å². The lowest BCUT2D eigenvalue weighted by Crippen LogP contribution is -2.46. The summed E-state index contributed by atoms with van der Waals surface area (Å²) in [4.78, 5) is 15.8. The first-order chi connectivity index (χ1) is 14.9. The van der Waals surface area contributed by atoms with Gasteiger partial charge in [0.15, 0.2) is 5.79 Å². The minimum Gasteiger partial charge on any atom is -0.497 e. The summed E-state index contributed by atoms with van der Waals surface area (Å²) < 4.78 is 17.7. The molecule has 1 saturated carbocycles. The molecular formula is C25H30N2O4. The van der Waals surface area contributed by atoms with Gasteiger partial charge in [-0.2, -0.15) is 0 Å². The lowest BCUT2D eigenvalue weighted by molar-refractivity contribution is -0.146. The van der Waals surface area contributed by atoms with Crippen LogP contribution in [0.2, 0.25) is 0 Å². The number of carbonyl (C=O) groups excluding carboxylic acids is 1. The molecule has 6 heteroatoms. The number of rotatable bonds is 4. The molecule has 5 rings (SSSR count). The number of nitrogens with one attached hydrogen (secondary N) is 1. The van der Waals surface area contributed by atoms with E-state index in [2.05, 4.69) is 10.2 Å². The Morgan fingerprint density at radius 1 is 1.03 bits per heavy atom. The molecule has 2 saturated heterocycles. The number of methoxy groups -OCH3 is 1. The lowest BCUT2D eigenvalue weighted by Gasteiger charge is -2.34. The fourth-order valence-corrected chi connectivity index (χ4v) is 5.55. The first-order valence-corrected chi connectivity index (χ1v) is 11.1. The van der Waals surface area contributed by atoms with Gasteiger partial charge in [0.1, 0.15) is 11.8 Å². The van der Waals surface area contributed by atoms with Crippen LogP contribution in [0.25, 0.3) is 0 Å². The second kappa shape index (κ2) is 7.84. The Kier molecular flexibility index (Phi) is 5.15. The van der Waals surface area contributed by atoms with Gasteiger partial charge in [0.2, 0.25) is 5.91 Å². The quantitative estimate of drug-likeness (QED) is 0.805. The molecule has 0 unspecified atom stereocenters. The summed E-state index contributed by atoms with van der Waals surface area (Å²) >= 11 is 0. The van der Waals surface area contributed by atoms with Gasteiger partial charge in [-0.3, -0.25) is 4.79 Å². The third kappa shape index (κ3) is 3.90. The molecule has 3 fully saturated rings. The average Bonchev–Trinajstić information content (AvgIpc) is 3.27. The van der Waals surface area contributed by atoms with Gasteiger partial charge in [-0.05, 0) is 74.9 Å². The van der Waals surface area contributed by atoms with E-state index in [-0.39, 0.29) is 30.1 Å². The van der Waals surface area contributed by atoms with Crippen molar-refractivity contribution in [2.24, 2.45) is 11.8 Å². The molecule has 3 aliphatic rings. The van der Waals surface area contributed by atoms with Gasteiger partial charge in [-0.25, -0.2) is 0 Å². The van der Waals surface area contributed by atoms with Gasteiger partial charge in [0.05, 0.1) is 19.3 Å². The zero-order valence-electron chi connectivity index (χ0n) is 18.3. The number of para-hydroxylation sites is 1. The van der Waals surface area contributed by atoms with E-state index in [9.17, 15) is 4.79 Å². The number of nitrogens with zero attached hydrogens (tertiary/aromatic N) is 1. The van der Waals surface area contributed by atoms with E-state index in [0.717, 1.165) is 36.5 Å². The van der Waals surface area contributed by atoms with Gasteiger partial charge in [-0.15, -0.1) is 0 Å². The Hall–Kier alpha value is -2.57. The monoisotopic (exact) mass is 422 g/mol. The SMILES string of the molecule is COc1ccc(N2C[C@@H]3C[C@H]4OC(C)(C)O[C@H]4C[C@@H]3[C@H]2C(=O)Nc2ccccc2)cc1. The third-order valence-corrected chi connectivity index (χ3v) is 6.82. The van der Waals surface area contributed by atoms with E-state index < -0.39 is 5.79 Å². The van der Waals surface area contributed by atoms with E-state index in [1.165, 1.54) is 0 Å². The molecule has 0 radical (unpaired) electrons. The summed E-state index contributed by atoms with van der Waals surface area (Å²) in [6, 6.07) is 17.4. The highest BCUT2D eigenvalue weighted by atomic mass is 16.7. The summed E-state index contributed by atoms with van der Waals surface area (Å²) in [6.07, 6.45) is 1.89. The molecule has 2 heterocycles. The fraction of sp³-hybridized carbons (Fsp3) is 0.480. The van der Waals surface area contributed by atoms with Crippen molar-refractivity contribution in [3.63, 3.8) is 0 Å². The zero-order valence-corrected chi connectivity index (χ0v) is 18.3. The van der Waals surface area contributed by atoms with Gasteiger partial charge in [0, 0.05) is 17.9 Å². The van der Waals surface area contributed by atoms with Crippen molar-refractivity contribution in [2.45, 2.75) is 50.7 Å². The number of anilines is 2. The topological polar surface area (TPSA) is 60.0 Å². The Balaban J connectivity index is 1.44. The Bertz CT molecular complexity index is 930. The van der Waals surface area contributed by atoms with E-state index in [4.69, 9.17) is 14.2 Å². The molecule has 0 aromatic heterocycles. The molecule has 164 valence electrons. The maximum Gasteiger partial charge on any atom is 0.247 e. The Labute approximate surface area is 183 Å². The van der Waals surface area contributed by atoms with Crippen molar-refractivity contribution in [3.05, 3.63) is 54.6 Å². The average molecular weight is 423 g/mol. The second-order valence-electron chi connectivity index (χ2n) is 9.26. The van der Waals surface area contributed by atoms with Crippen molar-refractivity contribution in [1.82, 2.24) is 0 Å². The van der Waals surface area contributed by atoms with Crippen molar-refractivity contribution in [1.29, 1.82) is 0 Å². The molecule has 5 atom stereocenters. The van der Waals surface area contributed by atoms with Crippen molar-refractivity contribution in [2.75, 3.05) is 23.9 Å². The van der Waals surface area contributed by atoms with Crippen molar-refractivity contribution >= 4 is 17.3 Å². The number of fused-ring (bicyclic) bond motifs is 2. The third-order valence-electron chi connectivity index (χ3n) is 6.82. The highest BCUT2D eigenvalue weighted by Gasteiger charge is 2.55. The smallest absolute Gasteiger partial charge is 0.247 e. The zero-order chi connectivity index (χ0) is 21.6. The molecular weight excluding hydrogens is 392 g/mol. The number of benzene rings is 2. The number of ether oxygens (including phenoxy) is 3.